The molecule has 2 heterocycles. The summed E-state index contributed by atoms with van der Waals surface area (Å²) in [6, 6.07) is -0.574. The second-order valence-electron chi connectivity index (χ2n) is 5.46. The number of hydrogen-bond acceptors (Lipinski definition) is 4. The van der Waals surface area contributed by atoms with E-state index in [2.05, 4.69) is 10.2 Å². The Hall–Kier alpha value is -2.64. The number of aryl methyl sites for hydroxylation is 1. The topological polar surface area (TPSA) is 93.2 Å². The summed E-state index contributed by atoms with van der Waals surface area (Å²) in [5, 5.41) is 17.1. The molecule has 0 spiro atoms. The first kappa shape index (κ1) is 16.7. The average molecular weight is 319 g/mol. The van der Waals surface area contributed by atoms with Crippen LogP contribution in [0.3, 0.4) is 0 Å². The lowest BCUT2D eigenvalue weighted by molar-refractivity contribution is -0.133. The molecule has 0 aliphatic carbocycles. The van der Waals surface area contributed by atoms with Gasteiger partial charge in [0.15, 0.2) is 0 Å². The van der Waals surface area contributed by atoms with E-state index in [1.54, 1.807) is 25.1 Å². The number of carbonyl (C=O) groups is 2. The Morgan fingerprint density at radius 1 is 1.35 bits per heavy atom. The van der Waals surface area contributed by atoms with Gasteiger partial charge in [0, 0.05) is 37.6 Å². The van der Waals surface area contributed by atoms with Crippen LogP contribution in [0.4, 0.5) is 0 Å². The fourth-order valence-corrected chi connectivity index (χ4v) is 2.39. The van der Waals surface area contributed by atoms with Gasteiger partial charge in [-0.05, 0) is 20.8 Å². The molecular weight excluding hydrogens is 298 g/mol. The predicted octanol–water partition coefficient (Wildman–Crippen LogP) is 1.33. The van der Waals surface area contributed by atoms with Gasteiger partial charge in [0.2, 0.25) is 5.91 Å². The Balaban J connectivity index is 2.08. The molecule has 0 aliphatic rings. The first-order valence-corrected chi connectivity index (χ1v) is 7.38. The number of aromatic nitrogens is 4. The van der Waals surface area contributed by atoms with Gasteiger partial charge in [0.05, 0.1) is 18.0 Å². The lowest BCUT2D eigenvalue weighted by Crippen LogP contribution is -2.33. The van der Waals surface area contributed by atoms with Crippen molar-refractivity contribution in [1.82, 2.24) is 24.5 Å². The van der Waals surface area contributed by atoms with Crippen LogP contribution in [0.25, 0.3) is 0 Å². The van der Waals surface area contributed by atoms with Crippen molar-refractivity contribution < 1.29 is 14.7 Å². The smallest absolute Gasteiger partial charge is 0.338 e. The highest BCUT2D eigenvalue weighted by Crippen LogP contribution is 2.14. The fourth-order valence-electron chi connectivity index (χ4n) is 2.39. The van der Waals surface area contributed by atoms with Crippen LogP contribution in [0.1, 0.15) is 41.5 Å². The summed E-state index contributed by atoms with van der Waals surface area (Å²) in [7, 11) is 1.71. The summed E-state index contributed by atoms with van der Waals surface area (Å²) in [5.74, 6) is -1.21. The van der Waals surface area contributed by atoms with E-state index >= 15 is 0 Å². The van der Waals surface area contributed by atoms with E-state index in [1.807, 2.05) is 18.5 Å². The third-order valence-corrected chi connectivity index (χ3v) is 3.89. The molecule has 1 N–H and O–H groups in total. The molecule has 1 unspecified atom stereocenters. The van der Waals surface area contributed by atoms with Gasteiger partial charge < -0.3 is 10.0 Å². The first-order chi connectivity index (χ1) is 10.8. The van der Waals surface area contributed by atoms with E-state index in [0.29, 0.717) is 6.54 Å². The molecule has 8 nitrogen and oxygen atoms in total. The average Bonchev–Trinajstić information content (AvgIpc) is 3.14. The standard InChI is InChI=1S/C15H21N5O3/c1-5-19-10(2)12(6-16-19)8-18(4)14(21)11(3)20-9-13(7-17-20)15(22)23/h6-7,9,11H,5,8H2,1-4H3,(H,22,23). The van der Waals surface area contributed by atoms with Gasteiger partial charge in [0.25, 0.3) is 0 Å². The summed E-state index contributed by atoms with van der Waals surface area (Å²) in [5.41, 5.74) is 2.08. The van der Waals surface area contributed by atoms with Crippen molar-refractivity contribution in [2.24, 2.45) is 0 Å². The molecule has 0 bridgehead atoms. The molecular formula is C15H21N5O3. The van der Waals surface area contributed by atoms with Crippen molar-refractivity contribution in [3.05, 3.63) is 35.4 Å². The summed E-state index contributed by atoms with van der Waals surface area (Å²) in [4.78, 5) is 25.0. The molecule has 2 rings (SSSR count). The number of aromatic carboxylic acids is 1. The molecule has 124 valence electrons. The molecule has 23 heavy (non-hydrogen) atoms. The highest BCUT2D eigenvalue weighted by atomic mass is 16.4. The molecule has 0 saturated carbocycles. The Labute approximate surface area is 134 Å². The predicted molar refractivity (Wildman–Crippen MR) is 83.0 cm³/mol. The number of nitrogens with zero attached hydrogens (tertiary/aromatic N) is 5. The van der Waals surface area contributed by atoms with Crippen molar-refractivity contribution in [1.29, 1.82) is 0 Å². The monoisotopic (exact) mass is 319 g/mol. The highest BCUT2D eigenvalue weighted by Gasteiger charge is 2.22. The van der Waals surface area contributed by atoms with Crippen molar-refractivity contribution in [3.8, 4) is 0 Å². The zero-order valence-corrected chi connectivity index (χ0v) is 13.7. The minimum atomic E-state index is -1.06. The largest absolute Gasteiger partial charge is 0.478 e. The number of amides is 1. The van der Waals surface area contributed by atoms with E-state index in [9.17, 15) is 9.59 Å². The second-order valence-corrected chi connectivity index (χ2v) is 5.46. The van der Waals surface area contributed by atoms with Crippen LogP contribution in [0.5, 0.6) is 0 Å². The third-order valence-electron chi connectivity index (χ3n) is 3.89. The number of rotatable bonds is 6. The van der Waals surface area contributed by atoms with Crippen molar-refractivity contribution in [3.63, 3.8) is 0 Å². The van der Waals surface area contributed by atoms with Crippen molar-refractivity contribution in [2.75, 3.05) is 7.05 Å². The zero-order chi connectivity index (χ0) is 17.1. The summed E-state index contributed by atoms with van der Waals surface area (Å²) >= 11 is 0. The van der Waals surface area contributed by atoms with E-state index in [1.165, 1.54) is 17.1 Å². The molecule has 0 radical (unpaired) electrons. The minimum absolute atomic E-state index is 0.0624. The summed E-state index contributed by atoms with van der Waals surface area (Å²) in [6.45, 7) is 6.91. The van der Waals surface area contributed by atoms with E-state index < -0.39 is 12.0 Å². The van der Waals surface area contributed by atoms with E-state index in [0.717, 1.165) is 17.8 Å². The fraction of sp³-hybridized carbons (Fsp3) is 0.467. The number of carboxylic acid groups (broad SMARTS) is 1. The number of carboxylic acids is 1. The van der Waals surface area contributed by atoms with Gasteiger partial charge in [-0.2, -0.15) is 10.2 Å². The van der Waals surface area contributed by atoms with Crippen LogP contribution in [0, 0.1) is 6.92 Å². The molecule has 8 heteroatoms. The Bertz CT molecular complexity index is 719. The van der Waals surface area contributed by atoms with Gasteiger partial charge in [-0.1, -0.05) is 0 Å². The van der Waals surface area contributed by atoms with Crippen LogP contribution < -0.4 is 0 Å². The van der Waals surface area contributed by atoms with Gasteiger partial charge in [-0.15, -0.1) is 0 Å². The molecule has 1 atom stereocenters. The summed E-state index contributed by atoms with van der Waals surface area (Å²) < 4.78 is 3.24. The molecule has 2 aromatic heterocycles. The third kappa shape index (κ3) is 3.41. The Kier molecular flexibility index (Phi) is 4.83. The van der Waals surface area contributed by atoms with Gasteiger partial charge in [0.1, 0.15) is 6.04 Å². The second kappa shape index (κ2) is 6.64. The zero-order valence-electron chi connectivity index (χ0n) is 13.7. The van der Waals surface area contributed by atoms with Crippen LogP contribution in [-0.2, 0) is 17.9 Å². The number of hydrogen-bond donors (Lipinski definition) is 1. The Morgan fingerprint density at radius 2 is 2.04 bits per heavy atom. The quantitative estimate of drug-likeness (QED) is 0.867. The molecule has 0 saturated heterocycles. The molecule has 0 fully saturated rings. The maximum absolute atomic E-state index is 12.5. The first-order valence-electron chi connectivity index (χ1n) is 7.38. The van der Waals surface area contributed by atoms with Crippen molar-refractivity contribution in [2.45, 2.75) is 39.9 Å². The number of likely N-dealkylation sites (N-methyl/N-ethyl adjacent to an activating group) is 1. The lowest BCUT2D eigenvalue weighted by Gasteiger charge is -2.21. The van der Waals surface area contributed by atoms with Gasteiger partial charge >= 0.3 is 5.97 Å². The van der Waals surface area contributed by atoms with Crippen LogP contribution in [0.2, 0.25) is 0 Å². The molecule has 1 amide bonds. The van der Waals surface area contributed by atoms with Crippen molar-refractivity contribution >= 4 is 11.9 Å². The SMILES string of the molecule is CCn1ncc(CN(C)C(=O)C(C)n2cc(C(=O)O)cn2)c1C. The highest BCUT2D eigenvalue weighted by molar-refractivity contribution is 5.87. The van der Waals surface area contributed by atoms with E-state index in [4.69, 9.17) is 5.11 Å². The Morgan fingerprint density at radius 3 is 2.57 bits per heavy atom. The van der Waals surface area contributed by atoms with Gasteiger partial charge in [-0.3, -0.25) is 14.2 Å². The number of carbonyl (C=O) groups excluding carboxylic acids is 1. The molecule has 0 aromatic carbocycles. The van der Waals surface area contributed by atoms with Gasteiger partial charge in [-0.25, -0.2) is 4.79 Å². The normalized spacial score (nSPS) is 12.2. The molecule has 2 aromatic rings. The minimum Gasteiger partial charge on any atom is -0.478 e. The molecule has 0 aliphatic heterocycles. The maximum Gasteiger partial charge on any atom is 0.338 e. The van der Waals surface area contributed by atoms with Crippen LogP contribution in [0.15, 0.2) is 18.6 Å². The lowest BCUT2D eigenvalue weighted by atomic mass is 10.2. The van der Waals surface area contributed by atoms with E-state index in [-0.39, 0.29) is 11.5 Å². The van der Waals surface area contributed by atoms with Crippen LogP contribution in [-0.4, -0.2) is 48.5 Å². The van der Waals surface area contributed by atoms with Crippen LogP contribution >= 0.6 is 0 Å². The maximum atomic E-state index is 12.5. The summed E-state index contributed by atoms with van der Waals surface area (Å²) in [6.07, 6.45) is 4.37.